The number of aliphatic hydroxyl groups is 1. The lowest BCUT2D eigenvalue weighted by Gasteiger charge is -2.19. The third-order valence-electron chi connectivity index (χ3n) is 3.93. The summed E-state index contributed by atoms with van der Waals surface area (Å²) in [7, 11) is 1.62. The van der Waals surface area contributed by atoms with Gasteiger partial charge in [0.05, 0.1) is 7.11 Å². The summed E-state index contributed by atoms with van der Waals surface area (Å²) in [6.45, 7) is 3.88. The number of hydrogen-bond donors (Lipinski definition) is 3. The van der Waals surface area contributed by atoms with Crippen LogP contribution in [0, 0.1) is 11.8 Å². The number of aromatic nitrogens is 2. The monoisotopic (exact) mass is 280 g/mol. The zero-order valence-electron chi connectivity index (χ0n) is 12.2. The number of rotatable bonds is 7. The maximum absolute atomic E-state index is 9.36. The fourth-order valence-electron chi connectivity index (χ4n) is 2.84. The smallest absolute Gasteiger partial charge is 0.204 e. The SMILES string of the molecule is CCNc1ncnc(NCC2CCCC2CO)c1OC. The van der Waals surface area contributed by atoms with Crippen LogP contribution in [0.2, 0.25) is 0 Å². The number of aliphatic hydroxyl groups excluding tert-OH is 1. The first kappa shape index (κ1) is 14.8. The zero-order valence-corrected chi connectivity index (χ0v) is 12.2. The number of nitrogens with zero attached hydrogens (tertiary/aromatic N) is 2. The van der Waals surface area contributed by atoms with E-state index in [-0.39, 0.29) is 6.61 Å². The van der Waals surface area contributed by atoms with Crippen LogP contribution in [-0.2, 0) is 0 Å². The van der Waals surface area contributed by atoms with Gasteiger partial charge in [0.2, 0.25) is 5.75 Å². The molecule has 1 fully saturated rings. The molecule has 0 bridgehead atoms. The lowest BCUT2D eigenvalue weighted by Crippen LogP contribution is -2.21. The maximum atomic E-state index is 9.36. The van der Waals surface area contributed by atoms with Gasteiger partial charge in [0, 0.05) is 19.7 Å². The fourth-order valence-corrected chi connectivity index (χ4v) is 2.84. The highest BCUT2D eigenvalue weighted by molar-refractivity contribution is 5.63. The first-order valence-electron chi connectivity index (χ1n) is 7.27. The Hall–Kier alpha value is -1.56. The predicted octanol–water partition coefficient (Wildman–Crippen LogP) is 1.74. The summed E-state index contributed by atoms with van der Waals surface area (Å²) in [6, 6.07) is 0. The molecule has 0 spiro atoms. The van der Waals surface area contributed by atoms with E-state index in [0.717, 1.165) is 25.9 Å². The van der Waals surface area contributed by atoms with E-state index in [1.807, 2.05) is 6.92 Å². The van der Waals surface area contributed by atoms with Gasteiger partial charge >= 0.3 is 0 Å². The highest BCUT2D eigenvalue weighted by atomic mass is 16.5. The van der Waals surface area contributed by atoms with Gasteiger partial charge in [-0.05, 0) is 31.6 Å². The van der Waals surface area contributed by atoms with Crippen LogP contribution >= 0.6 is 0 Å². The van der Waals surface area contributed by atoms with Crippen molar-refractivity contribution in [3.05, 3.63) is 6.33 Å². The quantitative estimate of drug-likeness (QED) is 0.706. The second-order valence-electron chi connectivity index (χ2n) is 5.15. The lowest BCUT2D eigenvalue weighted by atomic mass is 9.97. The number of ether oxygens (including phenoxy) is 1. The average Bonchev–Trinajstić information content (AvgIpc) is 2.93. The molecule has 0 saturated heterocycles. The van der Waals surface area contributed by atoms with Gasteiger partial charge in [-0.15, -0.1) is 0 Å². The van der Waals surface area contributed by atoms with E-state index >= 15 is 0 Å². The molecule has 6 nitrogen and oxygen atoms in total. The molecule has 0 radical (unpaired) electrons. The predicted molar refractivity (Wildman–Crippen MR) is 79.2 cm³/mol. The fraction of sp³-hybridized carbons (Fsp3) is 0.714. The molecule has 2 atom stereocenters. The second-order valence-corrected chi connectivity index (χ2v) is 5.15. The van der Waals surface area contributed by atoms with Gasteiger partial charge in [0.15, 0.2) is 11.6 Å². The van der Waals surface area contributed by atoms with Crippen LogP contribution in [0.4, 0.5) is 11.6 Å². The van der Waals surface area contributed by atoms with Crippen LogP contribution in [0.1, 0.15) is 26.2 Å². The molecule has 0 aliphatic heterocycles. The molecule has 2 rings (SSSR count). The molecular weight excluding hydrogens is 256 g/mol. The molecule has 3 N–H and O–H groups in total. The van der Waals surface area contributed by atoms with Crippen LogP contribution in [0.25, 0.3) is 0 Å². The van der Waals surface area contributed by atoms with Crippen molar-refractivity contribution < 1.29 is 9.84 Å². The Morgan fingerprint density at radius 1 is 1.25 bits per heavy atom. The van der Waals surface area contributed by atoms with Crippen molar-refractivity contribution in [2.24, 2.45) is 11.8 Å². The first-order valence-corrected chi connectivity index (χ1v) is 7.27. The number of methoxy groups -OCH3 is 1. The van der Waals surface area contributed by atoms with E-state index in [9.17, 15) is 5.11 Å². The minimum absolute atomic E-state index is 0.274. The molecule has 1 aromatic rings. The molecule has 0 aromatic carbocycles. The zero-order chi connectivity index (χ0) is 14.4. The highest BCUT2D eigenvalue weighted by Gasteiger charge is 2.26. The Labute approximate surface area is 120 Å². The standard InChI is InChI=1S/C14H24N4O2/c1-3-15-13-12(20-2)14(18-9-17-13)16-7-10-5-4-6-11(10)8-19/h9-11,19H,3-8H2,1-2H3,(H2,15,16,17,18). The molecule has 0 amide bonds. The van der Waals surface area contributed by atoms with E-state index in [2.05, 4.69) is 20.6 Å². The third-order valence-corrected chi connectivity index (χ3v) is 3.93. The summed E-state index contributed by atoms with van der Waals surface area (Å²) in [5.41, 5.74) is 0. The van der Waals surface area contributed by atoms with Crippen LogP contribution in [0.5, 0.6) is 5.75 Å². The Bertz CT molecular complexity index is 428. The molecular formula is C14H24N4O2. The van der Waals surface area contributed by atoms with Crippen LogP contribution in [0.3, 0.4) is 0 Å². The Balaban J connectivity index is 2.03. The van der Waals surface area contributed by atoms with Crippen molar-refractivity contribution in [2.75, 3.05) is 37.4 Å². The van der Waals surface area contributed by atoms with Gasteiger partial charge in [0.25, 0.3) is 0 Å². The van der Waals surface area contributed by atoms with Gasteiger partial charge < -0.3 is 20.5 Å². The number of anilines is 2. The molecule has 1 aromatic heterocycles. The van der Waals surface area contributed by atoms with Crippen molar-refractivity contribution in [3.63, 3.8) is 0 Å². The Morgan fingerprint density at radius 3 is 2.60 bits per heavy atom. The maximum Gasteiger partial charge on any atom is 0.204 e. The first-order chi connectivity index (χ1) is 9.80. The summed E-state index contributed by atoms with van der Waals surface area (Å²) < 4.78 is 5.40. The minimum atomic E-state index is 0.274. The molecule has 1 saturated carbocycles. The molecule has 1 heterocycles. The molecule has 112 valence electrons. The van der Waals surface area contributed by atoms with E-state index in [1.54, 1.807) is 7.11 Å². The van der Waals surface area contributed by atoms with Crippen LogP contribution in [-0.4, -0.2) is 41.9 Å². The second kappa shape index (κ2) is 7.28. The van der Waals surface area contributed by atoms with Crippen molar-refractivity contribution in [3.8, 4) is 5.75 Å². The largest absolute Gasteiger partial charge is 0.490 e. The lowest BCUT2D eigenvalue weighted by molar-refractivity contribution is 0.199. The summed E-state index contributed by atoms with van der Waals surface area (Å²) >= 11 is 0. The summed E-state index contributed by atoms with van der Waals surface area (Å²) in [4.78, 5) is 8.44. The summed E-state index contributed by atoms with van der Waals surface area (Å²) in [6.07, 6.45) is 5.00. The Morgan fingerprint density at radius 2 is 1.95 bits per heavy atom. The molecule has 1 aliphatic rings. The molecule has 6 heteroatoms. The minimum Gasteiger partial charge on any atom is -0.490 e. The number of hydrogen-bond acceptors (Lipinski definition) is 6. The van der Waals surface area contributed by atoms with Gasteiger partial charge in [-0.3, -0.25) is 0 Å². The van der Waals surface area contributed by atoms with Crippen LogP contribution < -0.4 is 15.4 Å². The van der Waals surface area contributed by atoms with Gasteiger partial charge in [0.1, 0.15) is 6.33 Å². The van der Waals surface area contributed by atoms with E-state index in [4.69, 9.17) is 4.74 Å². The van der Waals surface area contributed by atoms with Gasteiger partial charge in [-0.25, -0.2) is 9.97 Å². The van der Waals surface area contributed by atoms with Crippen LogP contribution in [0.15, 0.2) is 6.33 Å². The van der Waals surface area contributed by atoms with E-state index < -0.39 is 0 Å². The average molecular weight is 280 g/mol. The summed E-state index contributed by atoms with van der Waals surface area (Å²) in [5, 5.41) is 15.9. The van der Waals surface area contributed by atoms with Crippen molar-refractivity contribution in [1.82, 2.24) is 9.97 Å². The molecule has 1 aliphatic carbocycles. The molecule has 20 heavy (non-hydrogen) atoms. The highest BCUT2D eigenvalue weighted by Crippen LogP contribution is 2.33. The topological polar surface area (TPSA) is 79.3 Å². The van der Waals surface area contributed by atoms with Gasteiger partial charge in [-0.2, -0.15) is 0 Å². The van der Waals surface area contributed by atoms with Crippen molar-refractivity contribution in [1.29, 1.82) is 0 Å². The van der Waals surface area contributed by atoms with E-state index in [0.29, 0.717) is 29.2 Å². The normalized spacial score (nSPS) is 21.8. The van der Waals surface area contributed by atoms with Gasteiger partial charge in [-0.1, -0.05) is 6.42 Å². The third kappa shape index (κ3) is 3.30. The number of nitrogens with one attached hydrogen (secondary N) is 2. The van der Waals surface area contributed by atoms with Crippen molar-refractivity contribution >= 4 is 11.6 Å². The summed E-state index contributed by atoms with van der Waals surface area (Å²) in [5.74, 6) is 2.97. The molecule has 2 unspecified atom stereocenters. The Kier molecular flexibility index (Phi) is 5.40. The van der Waals surface area contributed by atoms with Crippen molar-refractivity contribution in [2.45, 2.75) is 26.2 Å². The van der Waals surface area contributed by atoms with E-state index in [1.165, 1.54) is 12.7 Å².